The van der Waals surface area contributed by atoms with Crippen molar-refractivity contribution < 1.29 is 9.53 Å². The fraction of sp³-hybridized carbons (Fsp3) is 0.588. The van der Waals surface area contributed by atoms with Crippen molar-refractivity contribution in [1.29, 1.82) is 0 Å². The van der Waals surface area contributed by atoms with Gasteiger partial charge in [0.15, 0.2) is 0 Å². The molecule has 1 fully saturated rings. The van der Waals surface area contributed by atoms with Crippen LogP contribution in [0.4, 0.5) is 0 Å². The van der Waals surface area contributed by atoms with E-state index in [0.29, 0.717) is 19.1 Å². The molecule has 2 unspecified atom stereocenters. The van der Waals surface area contributed by atoms with Crippen molar-refractivity contribution in [2.24, 2.45) is 5.73 Å². The van der Waals surface area contributed by atoms with Gasteiger partial charge in [0, 0.05) is 38.6 Å². The average Bonchev–Trinajstić information content (AvgIpc) is 2.45. The fourth-order valence-electron chi connectivity index (χ4n) is 2.70. The van der Waals surface area contributed by atoms with E-state index in [0.717, 1.165) is 31.8 Å². The van der Waals surface area contributed by atoms with E-state index < -0.39 is 0 Å². The van der Waals surface area contributed by atoms with Crippen LogP contribution in [0.3, 0.4) is 0 Å². The largest absolute Gasteiger partial charge is 0.376 e. The van der Waals surface area contributed by atoms with Gasteiger partial charge >= 0.3 is 0 Å². The number of benzene rings is 1. The lowest BCUT2D eigenvalue weighted by Crippen LogP contribution is -2.40. The Morgan fingerprint density at radius 2 is 2.12 bits per heavy atom. The van der Waals surface area contributed by atoms with Crippen LogP contribution in [0.15, 0.2) is 24.3 Å². The summed E-state index contributed by atoms with van der Waals surface area (Å²) in [6.45, 7) is 8.16. The summed E-state index contributed by atoms with van der Waals surface area (Å²) in [4.78, 5) is 14.1. The van der Waals surface area contributed by atoms with Crippen molar-refractivity contribution >= 4 is 30.7 Å². The minimum absolute atomic E-state index is 0. The van der Waals surface area contributed by atoms with Crippen molar-refractivity contribution in [3.8, 4) is 0 Å². The summed E-state index contributed by atoms with van der Waals surface area (Å²) >= 11 is 0. The van der Waals surface area contributed by atoms with E-state index in [1.807, 2.05) is 19.1 Å². The van der Waals surface area contributed by atoms with Crippen LogP contribution in [0.2, 0.25) is 0 Å². The highest BCUT2D eigenvalue weighted by molar-refractivity contribution is 5.85. The number of carbonyl (C=O) groups excluding carboxylic acids is 1. The smallest absolute Gasteiger partial charge is 0.221 e. The van der Waals surface area contributed by atoms with Crippen molar-refractivity contribution in [2.75, 3.05) is 19.7 Å². The van der Waals surface area contributed by atoms with Crippen LogP contribution >= 0.6 is 24.8 Å². The monoisotopic (exact) mass is 377 g/mol. The molecule has 3 N–H and O–H groups in total. The number of rotatable bonds is 6. The van der Waals surface area contributed by atoms with Gasteiger partial charge in [-0.2, -0.15) is 0 Å². The van der Waals surface area contributed by atoms with Gasteiger partial charge in [-0.1, -0.05) is 24.3 Å². The van der Waals surface area contributed by atoms with Crippen LogP contribution in [0.25, 0.3) is 0 Å². The molecule has 0 radical (unpaired) electrons. The average molecular weight is 378 g/mol. The van der Waals surface area contributed by atoms with E-state index in [2.05, 4.69) is 29.3 Å². The SMILES string of the molecule is CC(N)CC(=O)NCc1cccc(CN2CCOC(C)C2)c1.Cl.Cl. The zero-order chi connectivity index (χ0) is 15.9. The standard InChI is InChI=1S/C17H27N3O2.2ClH/c1-13(18)8-17(21)19-10-15-4-3-5-16(9-15)12-20-6-7-22-14(2)11-20;;/h3-5,9,13-14H,6-8,10-12,18H2,1-2H3,(H,19,21);2*1H. The quantitative estimate of drug-likeness (QED) is 0.796. The van der Waals surface area contributed by atoms with Crippen molar-refractivity contribution in [3.05, 3.63) is 35.4 Å². The molecule has 138 valence electrons. The minimum atomic E-state index is -0.102. The number of nitrogens with one attached hydrogen (secondary N) is 1. The second-order valence-corrected chi connectivity index (χ2v) is 6.19. The van der Waals surface area contributed by atoms with E-state index in [-0.39, 0.29) is 36.8 Å². The highest BCUT2D eigenvalue weighted by Gasteiger charge is 2.16. The maximum Gasteiger partial charge on any atom is 0.221 e. The van der Waals surface area contributed by atoms with Gasteiger partial charge in [-0.05, 0) is 25.0 Å². The van der Waals surface area contributed by atoms with Crippen molar-refractivity contribution in [3.63, 3.8) is 0 Å². The van der Waals surface area contributed by atoms with Crippen LogP contribution < -0.4 is 11.1 Å². The van der Waals surface area contributed by atoms with Gasteiger partial charge in [0.25, 0.3) is 0 Å². The third-order valence-corrected chi connectivity index (χ3v) is 3.72. The third-order valence-electron chi connectivity index (χ3n) is 3.72. The molecule has 2 atom stereocenters. The Hall–Kier alpha value is -0.850. The van der Waals surface area contributed by atoms with Gasteiger partial charge in [0.05, 0.1) is 12.7 Å². The van der Waals surface area contributed by atoms with Crippen LogP contribution in [0.5, 0.6) is 0 Å². The van der Waals surface area contributed by atoms with Crippen LogP contribution in [-0.4, -0.2) is 42.6 Å². The molecular weight excluding hydrogens is 349 g/mol. The molecule has 1 saturated heterocycles. The Bertz CT molecular complexity index is 500. The molecule has 1 aliphatic heterocycles. The van der Waals surface area contributed by atoms with Gasteiger partial charge in [-0.3, -0.25) is 9.69 Å². The summed E-state index contributed by atoms with van der Waals surface area (Å²) in [5.74, 6) is 0.00223. The van der Waals surface area contributed by atoms with Gasteiger partial charge < -0.3 is 15.8 Å². The Labute approximate surface area is 157 Å². The number of hydrogen-bond acceptors (Lipinski definition) is 4. The summed E-state index contributed by atoms with van der Waals surface area (Å²) in [6.07, 6.45) is 0.667. The first-order valence-electron chi connectivity index (χ1n) is 7.97. The topological polar surface area (TPSA) is 67.6 Å². The zero-order valence-electron chi connectivity index (χ0n) is 14.4. The maximum absolute atomic E-state index is 11.7. The first kappa shape index (κ1) is 23.1. The molecule has 0 spiro atoms. The maximum atomic E-state index is 11.7. The molecule has 0 saturated carbocycles. The first-order chi connectivity index (χ1) is 10.5. The zero-order valence-corrected chi connectivity index (χ0v) is 16.0. The molecule has 0 bridgehead atoms. The highest BCUT2D eigenvalue weighted by atomic mass is 35.5. The Morgan fingerprint density at radius 1 is 1.42 bits per heavy atom. The van der Waals surface area contributed by atoms with Crippen molar-refractivity contribution in [1.82, 2.24) is 10.2 Å². The van der Waals surface area contributed by atoms with Crippen LogP contribution in [-0.2, 0) is 22.6 Å². The number of carbonyl (C=O) groups is 1. The molecule has 0 aliphatic carbocycles. The van der Waals surface area contributed by atoms with Crippen LogP contribution in [0, 0.1) is 0 Å². The van der Waals surface area contributed by atoms with E-state index in [4.69, 9.17) is 10.5 Å². The molecule has 2 rings (SSSR count). The molecular formula is C17H29Cl2N3O2. The molecule has 1 amide bonds. The Kier molecular flexibility index (Phi) is 11.2. The lowest BCUT2D eigenvalue weighted by Gasteiger charge is -2.31. The van der Waals surface area contributed by atoms with E-state index in [1.165, 1.54) is 5.56 Å². The fourth-order valence-corrected chi connectivity index (χ4v) is 2.70. The van der Waals surface area contributed by atoms with Gasteiger partial charge in [-0.15, -0.1) is 24.8 Å². The summed E-state index contributed by atoms with van der Waals surface area (Å²) in [7, 11) is 0. The second-order valence-electron chi connectivity index (χ2n) is 6.19. The summed E-state index contributed by atoms with van der Waals surface area (Å²) in [6, 6.07) is 8.28. The number of ether oxygens (including phenoxy) is 1. The molecule has 1 aromatic carbocycles. The van der Waals surface area contributed by atoms with E-state index in [9.17, 15) is 4.79 Å². The van der Waals surface area contributed by atoms with Gasteiger partial charge in [-0.25, -0.2) is 0 Å². The lowest BCUT2D eigenvalue weighted by atomic mass is 10.1. The number of morpholine rings is 1. The second kappa shape index (κ2) is 11.7. The molecule has 1 aromatic rings. The molecule has 0 aromatic heterocycles. The lowest BCUT2D eigenvalue weighted by molar-refractivity contribution is -0.121. The Balaban J connectivity index is 0.00000264. The van der Waals surface area contributed by atoms with Gasteiger partial charge in [0.1, 0.15) is 0 Å². The normalized spacial score (nSPS) is 18.9. The highest BCUT2D eigenvalue weighted by Crippen LogP contribution is 2.12. The molecule has 1 heterocycles. The minimum Gasteiger partial charge on any atom is -0.376 e. The van der Waals surface area contributed by atoms with Gasteiger partial charge in [0.2, 0.25) is 5.91 Å². The number of halogens is 2. The number of nitrogens with zero attached hydrogens (tertiary/aromatic N) is 1. The van der Waals surface area contributed by atoms with E-state index >= 15 is 0 Å². The molecule has 7 heteroatoms. The Morgan fingerprint density at radius 3 is 2.79 bits per heavy atom. The van der Waals surface area contributed by atoms with E-state index in [1.54, 1.807) is 0 Å². The van der Waals surface area contributed by atoms with Crippen molar-refractivity contribution in [2.45, 2.75) is 45.5 Å². The number of nitrogens with two attached hydrogens (primary N) is 1. The predicted molar refractivity (Wildman–Crippen MR) is 102 cm³/mol. The molecule has 1 aliphatic rings. The molecule has 5 nitrogen and oxygen atoms in total. The van der Waals surface area contributed by atoms with Crippen LogP contribution in [0.1, 0.15) is 31.4 Å². The first-order valence-corrected chi connectivity index (χ1v) is 7.97. The number of hydrogen-bond donors (Lipinski definition) is 2. The predicted octanol–water partition coefficient (Wildman–Crippen LogP) is 2.10. The summed E-state index contributed by atoms with van der Waals surface area (Å²) < 4.78 is 5.57. The molecule has 24 heavy (non-hydrogen) atoms. The summed E-state index contributed by atoms with van der Waals surface area (Å²) in [5, 5.41) is 2.92. The third kappa shape index (κ3) is 8.31. The summed E-state index contributed by atoms with van der Waals surface area (Å²) in [5.41, 5.74) is 8.02. The number of amides is 1.